The minimum atomic E-state index is -0.124. The van der Waals surface area contributed by atoms with E-state index in [2.05, 4.69) is 25.2 Å². The summed E-state index contributed by atoms with van der Waals surface area (Å²) < 4.78 is 10.7. The molecule has 172 valence electrons. The van der Waals surface area contributed by atoms with Gasteiger partial charge >= 0.3 is 0 Å². The number of carbonyl (C=O) groups excluding carboxylic acids is 1. The molecule has 0 bridgehead atoms. The monoisotopic (exact) mass is 491 g/mol. The summed E-state index contributed by atoms with van der Waals surface area (Å²) in [5.41, 5.74) is 6.48. The maximum Gasteiger partial charge on any atom is 0.234 e. The van der Waals surface area contributed by atoms with Gasteiger partial charge in [-0.15, -0.1) is 11.8 Å². The Bertz CT molecular complexity index is 1340. The Hall–Kier alpha value is -3.29. The summed E-state index contributed by atoms with van der Waals surface area (Å²) in [5, 5.41) is 4.42. The number of benzene rings is 3. The van der Waals surface area contributed by atoms with Crippen molar-refractivity contribution in [2.24, 2.45) is 9.98 Å². The van der Waals surface area contributed by atoms with Crippen LogP contribution in [-0.4, -0.2) is 29.2 Å². The van der Waals surface area contributed by atoms with Crippen LogP contribution in [0.4, 0.5) is 17.1 Å². The van der Waals surface area contributed by atoms with E-state index in [-0.39, 0.29) is 18.5 Å². The molecule has 2 heterocycles. The van der Waals surface area contributed by atoms with Gasteiger partial charge in [-0.3, -0.25) is 9.79 Å². The molecule has 3 aromatic carbocycles. The fraction of sp³-hybridized carbons (Fsp3) is 0.192. The molecule has 0 aromatic heterocycles. The van der Waals surface area contributed by atoms with E-state index in [1.54, 1.807) is 18.2 Å². The van der Waals surface area contributed by atoms with Gasteiger partial charge in [-0.2, -0.15) is 0 Å². The van der Waals surface area contributed by atoms with E-state index in [1.807, 2.05) is 30.3 Å². The van der Waals surface area contributed by atoms with Crippen molar-refractivity contribution in [3.05, 3.63) is 76.3 Å². The summed E-state index contributed by atoms with van der Waals surface area (Å²) in [7, 11) is 0. The van der Waals surface area contributed by atoms with Crippen molar-refractivity contribution in [2.45, 2.75) is 20.3 Å². The number of fused-ring (bicyclic) bond motifs is 2. The van der Waals surface area contributed by atoms with Crippen molar-refractivity contribution in [3.63, 3.8) is 0 Å². The Kier molecular flexibility index (Phi) is 6.30. The van der Waals surface area contributed by atoms with Crippen molar-refractivity contribution >= 4 is 57.1 Å². The standard InChI is InChI=1S/C26H22ClN3O3S/c1-15-9-21-22(10-16(15)2)30-26(12-20(29-21)17-3-5-18(27)6-4-17)34-13-25(31)28-19-7-8-23-24(11-19)33-14-32-23/h3-11H,12-14H2,1-2H3,(H,28,31). The van der Waals surface area contributed by atoms with Gasteiger partial charge in [0.15, 0.2) is 11.5 Å². The van der Waals surface area contributed by atoms with Crippen LogP contribution in [0, 0.1) is 13.8 Å². The summed E-state index contributed by atoms with van der Waals surface area (Å²) in [6.45, 7) is 4.32. The molecule has 2 aliphatic rings. The van der Waals surface area contributed by atoms with Gasteiger partial charge in [0, 0.05) is 23.2 Å². The second-order valence-corrected chi connectivity index (χ2v) is 9.56. The normalized spacial score (nSPS) is 14.1. The van der Waals surface area contributed by atoms with Crippen LogP contribution in [0.2, 0.25) is 5.02 Å². The molecule has 0 aliphatic carbocycles. The van der Waals surface area contributed by atoms with Crippen LogP contribution in [0.15, 0.2) is 64.6 Å². The van der Waals surface area contributed by atoms with E-state index in [9.17, 15) is 4.79 Å². The Morgan fingerprint density at radius 2 is 1.68 bits per heavy atom. The van der Waals surface area contributed by atoms with Crippen molar-refractivity contribution in [1.82, 2.24) is 0 Å². The number of hydrogen-bond acceptors (Lipinski definition) is 6. The molecule has 2 aliphatic heterocycles. The smallest absolute Gasteiger partial charge is 0.234 e. The summed E-state index contributed by atoms with van der Waals surface area (Å²) in [5.74, 6) is 1.41. The SMILES string of the molecule is Cc1cc2c(cc1C)N=C(c1ccc(Cl)cc1)CC(SCC(=O)Nc1ccc3c(c1)OCO3)=N2. The molecule has 6 nitrogen and oxygen atoms in total. The van der Waals surface area contributed by atoms with Crippen LogP contribution in [-0.2, 0) is 4.79 Å². The quantitative estimate of drug-likeness (QED) is 0.445. The number of aliphatic imine (C=N–C) groups is 2. The van der Waals surface area contributed by atoms with Crippen LogP contribution < -0.4 is 14.8 Å². The number of nitrogens with zero attached hydrogens (tertiary/aromatic N) is 2. The molecule has 0 atom stereocenters. The lowest BCUT2D eigenvalue weighted by molar-refractivity contribution is -0.113. The van der Waals surface area contributed by atoms with Crippen LogP contribution in [0.1, 0.15) is 23.1 Å². The Balaban J connectivity index is 1.36. The second kappa shape index (κ2) is 9.52. The van der Waals surface area contributed by atoms with Crippen molar-refractivity contribution in [3.8, 4) is 11.5 Å². The Morgan fingerprint density at radius 1 is 0.971 bits per heavy atom. The lowest BCUT2D eigenvalue weighted by Crippen LogP contribution is -2.16. The predicted molar refractivity (Wildman–Crippen MR) is 139 cm³/mol. The first-order chi connectivity index (χ1) is 16.4. The average Bonchev–Trinajstić information content (AvgIpc) is 3.21. The maximum absolute atomic E-state index is 12.7. The average molecular weight is 492 g/mol. The number of carbonyl (C=O) groups is 1. The van der Waals surface area contributed by atoms with E-state index in [1.165, 1.54) is 11.8 Å². The van der Waals surface area contributed by atoms with Gasteiger partial charge < -0.3 is 14.8 Å². The van der Waals surface area contributed by atoms with Crippen molar-refractivity contribution in [1.29, 1.82) is 0 Å². The van der Waals surface area contributed by atoms with Crippen LogP contribution in [0.5, 0.6) is 11.5 Å². The molecule has 0 saturated heterocycles. The number of thioether (sulfide) groups is 1. The highest BCUT2D eigenvalue weighted by Gasteiger charge is 2.18. The fourth-order valence-corrected chi connectivity index (χ4v) is 4.58. The second-order valence-electron chi connectivity index (χ2n) is 8.08. The van der Waals surface area contributed by atoms with Gasteiger partial charge in [0.25, 0.3) is 0 Å². The van der Waals surface area contributed by atoms with E-state index in [4.69, 9.17) is 31.1 Å². The van der Waals surface area contributed by atoms with Gasteiger partial charge in [-0.25, -0.2) is 4.99 Å². The third-order valence-corrected chi connectivity index (χ3v) is 6.84. The first-order valence-corrected chi connectivity index (χ1v) is 12.2. The van der Waals surface area contributed by atoms with Gasteiger partial charge in [0.2, 0.25) is 12.7 Å². The van der Waals surface area contributed by atoms with E-state index in [0.717, 1.165) is 38.8 Å². The van der Waals surface area contributed by atoms with Crippen molar-refractivity contribution in [2.75, 3.05) is 17.9 Å². The third-order valence-electron chi connectivity index (χ3n) is 5.61. The minimum Gasteiger partial charge on any atom is -0.454 e. The number of amides is 1. The molecule has 1 N–H and O–H groups in total. The number of rotatable bonds is 4. The molecule has 5 rings (SSSR count). The maximum atomic E-state index is 12.7. The molecule has 3 aromatic rings. The van der Waals surface area contributed by atoms with Crippen LogP contribution in [0.25, 0.3) is 0 Å². The number of ether oxygens (including phenoxy) is 2. The first kappa shape index (κ1) is 22.5. The first-order valence-electron chi connectivity index (χ1n) is 10.8. The molecule has 1 amide bonds. The summed E-state index contributed by atoms with van der Waals surface area (Å²) in [6.07, 6.45) is 0.524. The van der Waals surface area contributed by atoms with Crippen LogP contribution >= 0.6 is 23.4 Å². The van der Waals surface area contributed by atoms with Crippen molar-refractivity contribution < 1.29 is 14.3 Å². The zero-order valence-corrected chi connectivity index (χ0v) is 20.3. The zero-order valence-electron chi connectivity index (χ0n) is 18.7. The highest BCUT2D eigenvalue weighted by Crippen LogP contribution is 2.37. The topological polar surface area (TPSA) is 72.3 Å². The molecule has 34 heavy (non-hydrogen) atoms. The van der Waals surface area contributed by atoms with Gasteiger partial charge in [0.05, 0.1) is 27.9 Å². The van der Waals surface area contributed by atoms with Crippen LogP contribution in [0.3, 0.4) is 0 Å². The Morgan fingerprint density at radius 3 is 2.44 bits per heavy atom. The van der Waals surface area contributed by atoms with Gasteiger partial charge in [-0.1, -0.05) is 23.7 Å². The molecular formula is C26H22ClN3O3S. The van der Waals surface area contributed by atoms with Gasteiger partial charge in [0.1, 0.15) is 0 Å². The number of nitrogens with one attached hydrogen (secondary N) is 1. The highest BCUT2D eigenvalue weighted by atomic mass is 35.5. The fourth-order valence-electron chi connectivity index (χ4n) is 3.68. The minimum absolute atomic E-state index is 0.124. The van der Waals surface area contributed by atoms with Gasteiger partial charge in [-0.05, 0) is 66.9 Å². The summed E-state index contributed by atoms with van der Waals surface area (Å²) in [6, 6.07) is 17.1. The Labute approximate surface area is 207 Å². The summed E-state index contributed by atoms with van der Waals surface area (Å²) in [4.78, 5) is 22.5. The molecule has 0 saturated carbocycles. The molecule has 8 heteroatoms. The molecule has 0 radical (unpaired) electrons. The number of anilines is 1. The number of aryl methyl sites for hydroxylation is 2. The van der Waals surface area contributed by atoms with E-state index >= 15 is 0 Å². The molecule has 0 unspecified atom stereocenters. The number of halogens is 1. The number of hydrogen-bond donors (Lipinski definition) is 1. The predicted octanol–water partition coefficient (Wildman–Crippen LogP) is 6.61. The lowest BCUT2D eigenvalue weighted by Gasteiger charge is -2.09. The molecule has 0 fully saturated rings. The molecular weight excluding hydrogens is 470 g/mol. The zero-order chi connectivity index (χ0) is 23.7. The molecule has 0 spiro atoms. The summed E-state index contributed by atoms with van der Waals surface area (Å²) >= 11 is 7.50. The van der Waals surface area contributed by atoms with E-state index < -0.39 is 0 Å². The lowest BCUT2D eigenvalue weighted by atomic mass is 10.1. The third kappa shape index (κ3) is 4.95. The largest absolute Gasteiger partial charge is 0.454 e. The van der Waals surface area contributed by atoms with E-state index in [0.29, 0.717) is 28.6 Å². The highest BCUT2D eigenvalue weighted by molar-refractivity contribution is 8.14.